The molecule has 2 aliphatic rings. The highest BCUT2D eigenvalue weighted by molar-refractivity contribution is 5.44. The summed E-state index contributed by atoms with van der Waals surface area (Å²) in [5, 5.41) is 13.9. The Bertz CT molecular complexity index is 952. The summed E-state index contributed by atoms with van der Waals surface area (Å²) in [5.74, 6) is -1.14. The first kappa shape index (κ1) is 21.1. The topological polar surface area (TPSA) is 57.2 Å². The lowest BCUT2D eigenvalue weighted by molar-refractivity contribution is -0.182. The molecule has 3 heterocycles. The molecule has 162 valence electrons. The Morgan fingerprint density at radius 3 is 2.63 bits per heavy atom. The summed E-state index contributed by atoms with van der Waals surface area (Å²) in [6, 6.07) is 6.27. The van der Waals surface area contributed by atoms with Crippen LogP contribution in [-0.4, -0.2) is 45.3 Å². The Morgan fingerprint density at radius 1 is 1.23 bits per heavy atom. The van der Waals surface area contributed by atoms with Gasteiger partial charge in [-0.15, -0.1) is 0 Å². The van der Waals surface area contributed by atoms with Crippen molar-refractivity contribution in [1.29, 1.82) is 5.26 Å². The van der Waals surface area contributed by atoms with Crippen LogP contribution >= 0.6 is 0 Å². The molecule has 4 rings (SSSR count). The predicted molar refractivity (Wildman–Crippen MR) is 107 cm³/mol. The van der Waals surface area contributed by atoms with Crippen LogP contribution in [0.4, 0.5) is 13.2 Å². The molecule has 0 N–H and O–H groups in total. The maximum Gasteiger partial charge on any atom is 0.391 e. The number of nitrogens with zero attached hydrogens (tertiary/aromatic N) is 5. The fourth-order valence-corrected chi connectivity index (χ4v) is 5.25. The van der Waals surface area contributed by atoms with Crippen molar-refractivity contribution in [2.24, 2.45) is 5.92 Å². The van der Waals surface area contributed by atoms with Crippen molar-refractivity contribution in [2.45, 2.75) is 69.9 Å². The zero-order valence-corrected chi connectivity index (χ0v) is 17.5. The van der Waals surface area contributed by atoms with Gasteiger partial charge in [0.1, 0.15) is 0 Å². The molecule has 0 bridgehead atoms. The third kappa shape index (κ3) is 4.04. The first-order chi connectivity index (χ1) is 14.2. The van der Waals surface area contributed by atoms with Crippen LogP contribution in [0, 0.1) is 24.2 Å². The molecular formula is C22H28F3N5. The molecule has 8 heteroatoms. The molecule has 2 aromatic heterocycles. The zero-order valence-electron chi connectivity index (χ0n) is 17.5. The van der Waals surface area contributed by atoms with E-state index in [9.17, 15) is 13.2 Å². The third-order valence-electron chi connectivity index (χ3n) is 6.87. The number of alkyl halides is 3. The number of halogens is 3. The molecule has 2 fully saturated rings. The van der Waals surface area contributed by atoms with Gasteiger partial charge in [0, 0.05) is 29.6 Å². The molecule has 2 aromatic rings. The van der Waals surface area contributed by atoms with Gasteiger partial charge >= 0.3 is 6.18 Å². The highest BCUT2D eigenvalue weighted by Gasteiger charge is 2.42. The second-order valence-electron chi connectivity index (χ2n) is 9.25. The van der Waals surface area contributed by atoms with Crippen LogP contribution in [0.1, 0.15) is 68.4 Å². The first-order valence-electron chi connectivity index (χ1n) is 10.7. The lowest BCUT2D eigenvalue weighted by atomic mass is 9.78. The summed E-state index contributed by atoms with van der Waals surface area (Å²) in [4.78, 5) is 6.82. The molecule has 5 nitrogen and oxygen atoms in total. The number of aromatic nitrogens is 3. The van der Waals surface area contributed by atoms with Crippen LogP contribution in [0.3, 0.4) is 0 Å². The minimum absolute atomic E-state index is 0.0488. The number of nitriles is 1. The van der Waals surface area contributed by atoms with Crippen molar-refractivity contribution >= 4 is 5.65 Å². The normalized spacial score (nSPS) is 28.5. The zero-order chi connectivity index (χ0) is 21.5. The van der Waals surface area contributed by atoms with Crippen molar-refractivity contribution < 1.29 is 13.2 Å². The van der Waals surface area contributed by atoms with Gasteiger partial charge in [-0.05, 0) is 58.1 Å². The molecule has 1 aliphatic carbocycles. The largest absolute Gasteiger partial charge is 0.391 e. The summed E-state index contributed by atoms with van der Waals surface area (Å²) in [6.07, 6.45) is -0.730. The van der Waals surface area contributed by atoms with Gasteiger partial charge in [0.25, 0.3) is 0 Å². The summed E-state index contributed by atoms with van der Waals surface area (Å²) in [7, 11) is 0. The van der Waals surface area contributed by atoms with Gasteiger partial charge in [0.15, 0.2) is 5.65 Å². The van der Waals surface area contributed by atoms with Gasteiger partial charge < -0.3 is 0 Å². The van der Waals surface area contributed by atoms with Crippen LogP contribution in [-0.2, 0) is 5.41 Å². The van der Waals surface area contributed by atoms with Crippen molar-refractivity contribution in [1.82, 2.24) is 19.5 Å². The SMILES string of the molecule is Cc1cc([C@]2(C)CCCN(CC#N)C2)n2nc([C@H]3CC[C@H](C(F)(F)F)CC3)cc2n1. The van der Waals surface area contributed by atoms with Gasteiger partial charge in [-0.1, -0.05) is 6.92 Å². The Hall–Kier alpha value is -2.14. The molecule has 1 saturated heterocycles. The standard InChI is InChI=1S/C22H28F3N5/c1-15-12-19(21(2)8-3-10-29(14-21)11-9-26)30-20(27-15)13-18(28-30)16-4-6-17(7-5-16)22(23,24)25/h12-13,16-17H,3-8,10-11,14H2,1-2H3/t16-,17-,21-/m1/s1. The smallest absolute Gasteiger partial charge is 0.290 e. The molecule has 1 aliphatic heterocycles. The molecule has 0 unspecified atom stereocenters. The van der Waals surface area contributed by atoms with E-state index < -0.39 is 12.1 Å². The van der Waals surface area contributed by atoms with E-state index in [1.165, 1.54) is 0 Å². The van der Waals surface area contributed by atoms with E-state index in [0.717, 1.165) is 48.7 Å². The van der Waals surface area contributed by atoms with Gasteiger partial charge in [-0.3, -0.25) is 4.90 Å². The highest BCUT2D eigenvalue weighted by Crippen LogP contribution is 2.43. The fraction of sp³-hybridized carbons (Fsp3) is 0.682. The molecule has 30 heavy (non-hydrogen) atoms. The average Bonchev–Trinajstić information content (AvgIpc) is 3.11. The summed E-state index contributed by atoms with van der Waals surface area (Å²) < 4.78 is 40.9. The molecule has 1 atom stereocenters. The summed E-state index contributed by atoms with van der Waals surface area (Å²) in [5.41, 5.74) is 3.43. The number of fused-ring (bicyclic) bond motifs is 1. The molecular weight excluding hydrogens is 391 g/mol. The number of hydrogen-bond acceptors (Lipinski definition) is 4. The molecule has 1 saturated carbocycles. The third-order valence-corrected chi connectivity index (χ3v) is 6.87. The van der Waals surface area contributed by atoms with E-state index in [0.29, 0.717) is 19.4 Å². The number of aryl methyl sites for hydroxylation is 1. The highest BCUT2D eigenvalue weighted by atomic mass is 19.4. The Labute approximate surface area is 174 Å². The second-order valence-corrected chi connectivity index (χ2v) is 9.25. The van der Waals surface area contributed by atoms with Gasteiger partial charge in [0.05, 0.1) is 29.9 Å². The van der Waals surface area contributed by atoms with Crippen LogP contribution in [0.25, 0.3) is 5.65 Å². The van der Waals surface area contributed by atoms with E-state index in [1.54, 1.807) is 0 Å². The number of hydrogen-bond donors (Lipinski definition) is 0. The van der Waals surface area contributed by atoms with Crippen LogP contribution in [0.5, 0.6) is 0 Å². The number of rotatable bonds is 3. The second kappa shape index (κ2) is 7.84. The maximum atomic E-state index is 13.0. The Morgan fingerprint density at radius 2 is 1.97 bits per heavy atom. The Balaban J connectivity index is 1.63. The van der Waals surface area contributed by atoms with Gasteiger partial charge in [-0.2, -0.15) is 23.5 Å². The van der Waals surface area contributed by atoms with E-state index >= 15 is 0 Å². The number of likely N-dealkylation sites (tertiary alicyclic amines) is 1. The monoisotopic (exact) mass is 419 g/mol. The number of piperidine rings is 1. The van der Waals surface area contributed by atoms with E-state index in [2.05, 4.69) is 28.9 Å². The maximum absolute atomic E-state index is 13.0. The van der Waals surface area contributed by atoms with Crippen molar-refractivity contribution in [3.63, 3.8) is 0 Å². The Kier molecular flexibility index (Phi) is 5.52. The minimum Gasteiger partial charge on any atom is -0.290 e. The minimum atomic E-state index is -4.10. The van der Waals surface area contributed by atoms with Gasteiger partial charge in [0.2, 0.25) is 0 Å². The van der Waals surface area contributed by atoms with Crippen LogP contribution in [0.15, 0.2) is 12.1 Å². The predicted octanol–water partition coefficient (Wildman–Crippen LogP) is 4.75. The fourth-order valence-electron chi connectivity index (χ4n) is 5.25. The van der Waals surface area contributed by atoms with Crippen LogP contribution < -0.4 is 0 Å². The average molecular weight is 419 g/mol. The van der Waals surface area contributed by atoms with Crippen molar-refractivity contribution in [2.75, 3.05) is 19.6 Å². The molecule has 0 spiro atoms. The lowest BCUT2D eigenvalue weighted by Crippen LogP contribution is -2.45. The van der Waals surface area contributed by atoms with Crippen molar-refractivity contribution in [3.05, 3.63) is 29.2 Å². The van der Waals surface area contributed by atoms with Crippen LogP contribution in [0.2, 0.25) is 0 Å². The van der Waals surface area contributed by atoms with E-state index in [4.69, 9.17) is 10.4 Å². The summed E-state index contributed by atoms with van der Waals surface area (Å²) >= 11 is 0. The quantitative estimate of drug-likeness (QED) is 0.674. The lowest BCUT2D eigenvalue weighted by Gasteiger charge is -2.39. The first-order valence-corrected chi connectivity index (χ1v) is 10.7. The molecule has 0 radical (unpaired) electrons. The van der Waals surface area contributed by atoms with E-state index in [-0.39, 0.29) is 24.2 Å². The summed E-state index contributed by atoms with van der Waals surface area (Å²) in [6.45, 7) is 6.29. The van der Waals surface area contributed by atoms with E-state index in [1.807, 2.05) is 17.5 Å². The van der Waals surface area contributed by atoms with Crippen molar-refractivity contribution in [3.8, 4) is 6.07 Å². The van der Waals surface area contributed by atoms with Gasteiger partial charge in [-0.25, -0.2) is 9.50 Å². The molecule has 0 amide bonds. The molecule has 0 aromatic carbocycles.